The van der Waals surface area contributed by atoms with E-state index in [0.717, 1.165) is 5.56 Å². The minimum atomic E-state index is -0.398. The van der Waals surface area contributed by atoms with Gasteiger partial charge in [0, 0.05) is 5.56 Å². The maximum atomic E-state index is 13.8. The molecular weight excluding hydrogens is 421 g/mol. The van der Waals surface area contributed by atoms with Crippen molar-refractivity contribution < 1.29 is 23.4 Å². The molecule has 0 atom stereocenters. The van der Waals surface area contributed by atoms with Gasteiger partial charge in [0.2, 0.25) is 5.13 Å². The number of halogens is 1. The summed E-state index contributed by atoms with van der Waals surface area (Å²) in [6.45, 7) is 3.88. The molecule has 9 heteroatoms. The number of nitrogens with one attached hydrogen (secondary N) is 1. The number of anilines is 1. The average Bonchev–Trinajstić information content (AvgIpc) is 3.14. The van der Waals surface area contributed by atoms with Crippen molar-refractivity contribution in [1.29, 1.82) is 0 Å². The summed E-state index contributed by atoms with van der Waals surface area (Å²) in [4.78, 5) is 16.6. The normalized spacial score (nSPS) is 10.8. The number of nitrogens with zero attached hydrogens (tertiary/aromatic N) is 2. The SMILES string of the molecule is CCOC(=O)c1sc(N/N=C\c2ccc(OCc3ccccc3F)c(OC)c2)nc1C. The van der Waals surface area contributed by atoms with Crippen LogP contribution in [0.5, 0.6) is 11.5 Å². The Hall–Kier alpha value is -3.46. The van der Waals surface area contributed by atoms with E-state index < -0.39 is 5.97 Å². The highest BCUT2D eigenvalue weighted by atomic mass is 32.1. The van der Waals surface area contributed by atoms with Gasteiger partial charge in [-0.15, -0.1) is 0 Å². The van der Waals surface area contributed by atoms with Crippen LogP contribution < -0.4 is 14.9 Å². The van der Waals surface area contributed by atoms with Crippen molar-refractivity contribution >= 4 is 28.7 Å². The fraction of sp³-hybridized carbons (Fsp3) is 0.227. The van der Waals surface area contributed by atoms with Crippen molar-refractivity contribution in [3.8, 4) is 11.5 Å². The summed E-state index contributed by atoms with van der Waals surface area (Å²) in [6.07, 6.45) is 1.59. The molecule has 0 unspecified atom stereocenters. The van der Waals surface area contributed by atoms with Crippen molar-refractivity contribution in [1.82, 2.24) is 4.98 Å². The second-order valence-electron chi connectivity index (χ2n) is 6.31. The number of carbonyl (C=O) groups excluding carboxylic acids is 1. The Morgan fingerprint density at radius 3 is 2.81 bits per heavy atom. The van der Waals surface area contributed by atoms with E-state index in [9.17, 15) is 9.18 Å². The third-order valence-electron chi connectivity index (χ3n) is 4.16. The first-order valence-corrected chi connectivity index (χ1v) is 10.3. The van der Waals surface area contributed by atoms with Crippen LogP contribution in [0.15, 0.2) is 47.6 Å². The molecule has 1 N–H and O–H groups in total. The standard InChI is InChI=1S/C22H22FN3O4S/c1-4-29-21(27)20-14(2)25-22(31-20)26-24-12-15-9-10-18(19(11-15)28-3)30-13-16-7-5-6-8-17(16)23/h5-12H,4,13H2,1-3H3,(H,25,26)/b24-12-. The van der Waals surface area contributed by atoms with Crippen LogP contribution in [0.4, 0.5) is 9.52 Å². The van der Waals surface area contributed by atoms with Gasteiger partial charge in [-0.2, -0.15) is 5.10 Å². The molecule has 3 aromatic rings. The predicted molar refractivity (Wildman–Crippen MR) is 118 cm³/mol. The zero-order chi connectivity index (χ0) is 22.2. The number of hydrazone groups is 1. The number of hydrogen-bond donors (Lipinski definition) is 1. The number of ether oxygens (including phenoxy) is 3. The summed E-state index contributed by atoms with van der Waals surface area (Å²) >= 11 is 1.17. The minimum absolute atomic E-state index is 0.0875. The fourth-order valence-electron chi connectivity index (χ4n) is 2.65. The number of carbonyl (C=O) groups is 1. The molecule has 31 heavy (non-hydrogen) atoms. The molecule has 0 saturated carbocycles. The first-order chi connectivity index (χ1) is 15.0. The Balaban J connectivity index is 1.64. The summed E-state index contributed by atoms with van der Waals surface area (Å²) < 4.78 is 29.8. The third kappa shape index (κ3) is 5.79. The first-order valence-electron chi connectivity index (χ1n) is 9.49. The minimum Gasteiger partial charge on any atom is -0.493 e. The molecule has 0 aliphatic rings. The van der Waals surface area contributed by atoms with E-state index in [1.165, 1.54) is 24.5 Å². The van der Waals surface area contributed by atoms with Crippen molar-refractivity contribution in [3.05, 3.63) is 70.0 Å². The Morgan fingerprint density at radius 2 is 2.06 bits per heavy atom. The van der Waals surface area contributed by atoms with Crippen LogP contribution in [0.2, 0.25) is 0 Å². The number of methoxy groups -OCH3 is 1. The highest BCUT2D eigenvalue weighted by molar-refractivity contribution is 7.17. The molecule has 0 bridgehead atoms. The molecule has 0 aliphatic heterocycles. The van der Waals surface area contributed by atoms with Gasteiger partial charge in [0.1, 0.15) is 17.3 Å². The predicted octanol–water partition coefficient (Wildman–Crippen LogP) is 4.80. The van der Waals surface area contributed by atoms with E-state index in [-0.39, 0.29) is 12.4 Å². The summed E-state index contributed by atoms with van der Waals surface area (Å²) in [5.41, 5.74) is 4.60. The zero-order valence-electron chi connectivity index (χ0n) is 17.3. The second kappa shape index (κ2) is 10.5. The molecule has 0 saturated heterocycles. The lowest BCUT2D eigenvalue weighted by Crippen LogP contribution is -2.03. The lowest BCUT2D eigenvalue weighted by Gasteiger charge is -2.11. The Labute approximate surface area is 183 Å². The van der Waals surface area contributed by atoms with Crippen LogP contribution in [0.25, 0.3) is 0 Å². The molecule has 0 radical (unpaired) electrons. The molecule has 1 heterocycles. The summed E-state index contributed by atoms with van der Waals surface area (Å²) in [5.74, 6) is 0.269. The topological polar surface area (TPSA) is 82.0 Å². The van der Waals surface area contributed by atoms with E-state index in [0.29, 0.717) is 39.4 Å². The molecule has 162 valence electrons. The van der Waals surface area contributed by atoms with E-state index in [2.05, 4.69) is 15.5 Å². The van der Waals surface area contributed by atoms with E-state index in [1.807, 2.05) is 0 Å². The monoisotopic (exact) mass is 443 g/mol. The molecule has 2 aromatic carbocycles. The van der Waals surface area contributed by atoms with Gasteiger partial charge < -0.3 is 14.2 Å². The Kier molecular flexibility index (Phi) is 7.55. The van der Waals surface area contributed by atoms with Gasteiger partial charge in [0.05, 0.1) is 25.6 Å². The van der Waals surface area contributed by atoms with Crippen molar-refractivity contribution in [3.63, 3.8) is 0 Å². The lowest BCUT2D eigenvalue weighted by molar-refractivity contribution is 0.0531. The molecule has 0 aliphatic carbocycles. The first kappa shape index (κ1) is 22.2. The van der Waals surface area contributed by atoms with Gasteiger partial charge in [-0.1, -0.05) is 29.5 Å². The van der Waals surface area contributed by atoms with Crippen LogP contribution in [-0.2, 0) is 11.3 Å². The summed E-state index contributed by atoms with van der Waals surface area (Å²) in [7, 11) is 1.53. The zero-order valence-corrected chi connectivity index (χ0v) is 18.2. The lowest BCUT2D eigenvalue weighted by atomic mass is 10.2. The molecular formula is C22H22FN3O4S. The van der Waals surface area contributed by atoms with Gasteiger partial charge in [0.25, 0.3) is 0 Å². The third-order valence-corrected chi connectivity index (χ3v) is 5.20. The molecule has 1 aromatic heterocycles. The van der Waals surface area contributed by atoms with Gasteiger partial charge in [0.15, 0.2) is 11.5 Å². The maximum absolute atomic E-state index is 13.8. The number of benzene rings is 2. The van der Waals surface area contributed by atoms with Gasteiger partial charge in [-0.05, 0) is 43.7 Å². The largest absolute Gasteiger partial charge is 0.493 e. The number of esters is 1. The van der Waals surface area contributed by atoms with Gasteiger partial charge in [-0.3, -0.25) is 5.43 Å². The second-order valence-corrected chi connectivity index (χ2v) is 7.31. The number of rotatable bonds is 9. The number of hydrogen-bond acceptors (Lipinski definition) is 8. The molecule has 0 spiro atoms. The van der Waals surface area contributed by atoms with Crippen molar-refractivity contribution in [2.75, 3.05) is 19.1 Å². The molecule has 7 nitrogen and oxygen atoms in total. The number of thiazole rings is 1. The number of aryl methyl sites for hydroxylation is 1. The van der Waals surface area contributed by atoms with Gasteiger partial charge in [-0.25, -0.2) is 14.2 Å². The van der Waals surface area contributed by atoms with Crippen molar-refractivity contribution in [2.24, 2.45) is 5.10 Å². The highest BCUT2D eigenvalue weighted by Crippen LogP contribution is 2.29. The van der Waals surface area contributed by atoms with Crippen LogP contribution in [0.3, 0.4) is 0 Å². The highest BCUT2D eigenvalue weighted by Gasteiger charge is 2.16. The Morgan fingerprint density at radius 1 is 1.26 bits per heavy atom. The van der Waals surface area contributed by atoms with Crippen LogP contribution in [0, 0.1) is 12.7 Å². The Bertz CT molecular complexity index is 1080. The van der Waals surface area contributed by atoms with Crippen LogP contribution in [0.1, 0.15) is 33.4 Å². The smallest absolute Gasteiger partial charge is 0.350 e. The van der Waals surface area contributed by atoms with Crippen LogP contribution >= 0.6 is 11.3 Å². The van der Waals surface area contributed by atoms with E-state index in [4.69, 9.17) is 14.2 Å². The van der Waals surface area contributed by atoms with Crippen LogP contribution in [-0.4, -0.2) is 30.9 Å². The van der Waals surface area contributed by atoms with E-state index >= 15 is 0 Å². The fourth-order valence-corrected chi connectivity index (χ4v) is 3.46. The number of aromatic nitrogens is 1. The summed E-state index contributed by atoms with van der Waals surface area (Å²) in [5, 5.41) is 4.64. The molecule has 0 amide bonds. The summed E-state index contributed by atoms with van der Waals surface area (Å²) in [6, 6.07) is 11.7. The maximum Gasteiger partial charge on any atom is 0.350 e. The van der Waals surface area contributed by atoms with Gasteiger partial charge >= 0.3 is 5.97 Å². The molecule has 0 fully saturated rings. The van der Waals surface area contributed by atoms with E-state index in [1.54, 1.807) is 56.5 Å². The quantitative estimate of drug-likeness (QED) is 0.291. The average molecular weight is 444 g/mol. The molecule has 3 rings (SSSR count). The van der Waals surface area contributed by atoms with Crippen molar-refractivity contribution in [2.45, 2.75) is 20.5 Å².